The maximum Gasteiger partial charge on any atom is 0.139 e. The monoisotopic (exact) mass is 327 g/mol. The van der Waals surface area contributed by atoms with Crippen LogP contribution >= 0.6 is 23.2 Å². The largest absolute Gasteiger partial charge is 0.492 e. The predicted molar refractivity (Wildman–Crippen MR) is 86.6 cm³/mol. The number of hydrogen-bond acceptors (Lipinski definition) is 3. The Balaban J connectivity index is 2.46. The Kier molecular flexibility index (Phi) is 5.57. The number of halogens is 2. The second-order valence-electron chi connectivity index (χ2n) is 4.70. The number of benzene rings is 1. The first kappa shape index (κ1) is 16.2. The molecule has 1 aromatic carbocycles. The summed E-state index contributed by atoms with van der Waals surface area (Å²) in [6.45, 7) is 7.28. The van der Waals surface area contributed by atoms with Crippen LogP contribution in [0.3, 0.4) is 0 Å². The van der Waals surface area contributed by atoms with Crippen molar-refractivity contribution in [1.82, 2.24) is 5.32 Å². The Bertz CT molecular complexity index is 610. The van der Waals surface area contributed by atoms with Gasteiger partial charge >= 0.3 is 0 Å². The Morgan fingerprint density at radius 1 is 1.24 bits per heavy atom. The van der Waals surface area contributed by atoms with E-state index in [1.165, 1.54) is 0 Å². The molecule has 0 saturated carbocycles. The number of aryl methyl sites for hydroxylation is 1. The molecule has 114 valence electrons. The minimum atomic E-state index is -0.134. The molecule has 1 unspecified atom stereocenters. The second kappa shape index (κ2) is 7.21. The Morgan fingerprint density at radius 3 is 2.57 bits per heavy atom. The van der Waals surface area contributed by atoms with E-state index in [1.54, 1.807) is 12.3 Å². The molecular formula is C16H19Cl2NO2. The van der Waals surface area contributed by atoms with Gasteiger partial charge in [-0.15, -0.1) is 0 Å². The standard InChI is InChI=1S/C16H19Cl2NO2/c1-4-19-15(16-10(3)6-7-21-16)11-8-13(18)14(20-5-2)9-12(11)17/h6-9,15,19H,4-5H2,1-3H3. The first-order valence-corrected chi connectivity index (χ1v) is 7.73. The molecule has 2 aromatic rings. The Labute approximate surface area is 135 Å². The lowest BCUT2D eigenvalue weighted by Crippen LogP contribution is -2.22. The van der Waals surface area contributed by atoms with Crippen molar-refractivity contribution in [2.24, 2.45) is 0 Å². The smallest absolute Gasteiger partial charge is 0.139 e. The fraction of sp³-hybridized carbons (Fsp3) is 0.375. The molecule has 0 spiro atoms. The fourth-order valence-corrected chi connectivity index (χ4v) is 2.75. The SMILES string of the molecule is CCNC(c1cc(Cl)c(OCC)cc1Cl)c1occc1C. The van der Waals surface area contributed by atoms with Crippen LogP contribution in [0.25, 0.3) is 0 Å². The summed E-state index contributed by atoms with van der Waals surface area (Å²) in [7, 11) is 0. The summed E-state index contributed by atoms with van der Waals surface area (Å²) in [6.07, 6.45) is 1.68. The second-order valence-corrected chi connectivity index (χ2v) is 5.51. The molecule has 0 aliphatic carbocycles. The van der Waals surface area contributed by atoms with Crippen LogP contribution in [-0.4, -0.2) is 13.2 Å². The quantitative estimate of drug-likeness (QED) is 0.811. The Morgan fingerprint density at radius 2 is 2.00 bits per heavy atom. The summed E-state index contributed by atoms with van der Waals surface area (Å²) in [6, 6.07) is 5.39. The van der Waals surface area contributed by atoms with Gasteiger partial charge in [0.15, 0.2) is 0 Å². The van der Waals surface area contributed by atoms with Gasteiger partial charge in [-0.3, -0.25) is 0 Å². The van der Waals surface area contributed by atoms with Crippen molar-refractivity contribution in [3.63, 3.8) is 0 Å². The van der Waals surface area contributed by atoms with Crippen LogP contribution in [0.15, 0.2) is 28.9 Å². The lowest BCUT2D eigenvalue weighted by molar-refractivity contribution is 0.340. The molecule has 2 rings (SSSR count). The van der Waals surface area contributed by atoms with Crippen LogP contribution < -0.4 is 10.1 Å². The summed E-state index contributed by atoms with van der Waals surface area (Å²) in [5.41, 5.74) is 1.95. The molecule has 1 N–H and O–H groups in total. The third-order valence-electron chi connectivity index (χ3n) is 3.23. The van der Waals surface area contributed by atoms with Gasteiger partial charge in [0.05, 0.1) is 23.9 Å². The van der Waals surface area contributed by atoms with Crippen molar-refractivity contribution >= 4 is 23.2 Å². The number of hydrogen-bond donors (Lipinski definition) is 1. The van der Waals surface area contributed by atoms with E-state index in [-0.39, 0.29) is 6.04 Å². The highest BCUT2D eigenvalue weighted by atomic mass is 35.5. The lowest BCUT2D eigenvalue weighted by atomic mass is 10.0. The van der Waals surface area contributed by atoms with Gasteiger partial charge in [0.1, 0.15) is 11.5 Å². The third-order valence-corrected chi connectivity index (χ3v) is 3.86. The molecule has 0 amide bonds. The number of rotatable bonds is 6. The topological polar surface area (TPSA) is 34.4 Å². The summed E-state index contributed by atoms with van der Waals surface area (Å²) in [5.74, 6) is 1.44. The van der Waals surface area contributed by atoms with Crippen LogP contribution in [0.5, 0.6) is 5.75 Å². The third kappa shape index (κ3) is 3.54. The first-order chi connectivity index (χ1) is 10.1. The van der Waals surface area contributed by atoms with E-state index in [2.05, 4.69) is 5.32 Å². The molecule has 1 atom stereocenters. The maximum absolute atomic E-state index is 6.42. The summed E-state index contributed by atoms with van der Waals surface area (Å²) < 4.78 is 11.1. The molecule has 1 heterocycles. The molecule has 3 nitrogen and oxygen atoms in total. The molecule has 0 aliphatic rings. The summed E-state index contributed by atoms with van der Waals surface area (Å²) >= 11 is 12.7. The minimum absolute atomic E-state index is 0.134. The highest BCUT2D eigenvalue weighted by Crippen LogP contribution is 2.37. The first-order valence-electron chi connectivity index (χ1n) is 6.97. The van der Waals surface area contributed by atoms with Crippen molar-refractivity contribution in [2.75, 3.05) is 13.2 Å². The Hall–Kier alpha value is -1.16. The maximum atomic E-state index is 6.42. The number of furan rings is 1. The van der Waals surface area contributed by atoms with Crippen LogP contribution in [0.4, 0.5) is 0 Å². The van der Waals surface area contributed by atoms with Crippen molar-refractivity contribution in [1.29, 1.82) is 0 Å². The minimum Gasteiger partial charge on any atom is -0.492 e. The molecule has 0 aliphatic heterocycles. The summed E-state index contributed by atoms with van der Waals surface area (Å²) in [5, 5.41) is 4.53. The van der Waals surface area contributed by atoms with Gasteiger partial charge in [-0.05, 0) is 43.7 Å². The van der Waals surface area contributed by atoms with Gasteiger partial charge in [-0.2, -0.15) is 0 Å². The number of nitrogens with one attached hydrogen (secondary N) is 1. The highest BCUT2D eigenvalue weighted by molar-refractivity contribution is 6.34. The molecule has 1 aromatic heterocycles. The zero-order valence-electron chi connectivity index (χ0n) is 12.4. The van der Waals surface area contributed by atoms with E-state index >= 15 is 0 Å². The molecule has 0 fully saturated rings. The zero-order valence-corrected chi connectivity index (χ0v) is 13.9. The number of ether oxygens (including phenoxy) is 1. The van der Waals surface area contributed by atoms with Gasteiger partial charge in [0.25, 0.3) is 0 Å². The van der Waals surface area contributed by atoms with Crippen LogP contribution in [0, 0.1) is 6.92 Å². The van der Waals surface area contributed by atoms with Crippen molar-refractivity contribution in [2.45, 2.75) is 26.8 Å². The van der Waals surface area contributed by atoms with Gasteiger partial charge in [0, 0.05) is 11.1 Å². The zero-order chi connectivity index (χ0) is 15.4. The predicted octanol–water partition coefficient (Wildman–Crippen LogP) is 4.99. The van der Waals surface area contributed by atoms with E-state index in [0.29, 0.717) is 22.4 Å². The van der Waals surface area contributed by atoms with Crippen LogP contribution in [0.2, 0.25) is 10.0 Å². The average Bonchev–Trinajstić information content (AvgIpc) is 2.86. The highest BCUT2D eigenvalue weighted by Gasteiger charge is 2.22. The van der Waals surface area contributed by atoms with Gasteiger partial charge in [0.2, 0.25) is 0 Å². The van der Waals surface area contributed by atoms with Gasteiger partial charge < -0.3 is 14.5 Å². The average molecular weight is 328 g/mol. The van der Waals surface area contributed by atoms with Crippen molar-refractivity contribution in [3.05, 3.63) is 51.4 Å². The molecule has 0 bridgehead atoms. The van der Waals surface area contributed by atoms with E-state index in [9.17, 15) is 0 Å². The molecule has 0 radical (unpaired) electrons. The normalized spacial score (nSPS) is 12.4. The van der Waals surface area contributed by atoms with Crippen molar-refractivity contribution < 1.29 is 9.15 Å². The van der Waals surface area contributed by atoms with Gasteiger partial charge in [-0.25, -0.2) is 0 Å². The van der Waals surface area contributed by atoms with E-state index in [4.69, 9.17) is 32.4 Å². The molecule has 0 saturated heterocycles. The van der Waals surface area contributed by atoms with E-state index < -0.39 is 0 Å². The van der Waals surface area contributed by atoms with Crippen molar-refractivity contribution in [3.8, 4) is 5.75 Å². The molecule has 21 heavy (non-hydrogen) atoms. The lowest BCUT2D eigenvalue weighted by Gasteiger charge is -2.20. The van der Waals surface area contributed by atoms with E-state index in [1.807, 2.05) is 32.9 Å². The van der Waals surface area contributed by atoms with Crippen LogP contribution in [0.1, 0.15) is 36.8 Å². The van der Waals surface area contributed by atoms with E-state index in [0.717, 1.165) is 23.4 Å². The van der Waals surface area contributed by atoms with Crippen LogP contribution in [-0.2, 0) is 0 Å². The molecular weight excluding hydrogens is 309 g/mol. The molecule has 5 heteroatoms. The van der Waals surface area contributed by atoms with Gasteiger partial charge in [-0.1, -0.05) is 30.1 Å². The summed E-state index contributed by atoms with van der Waals surface area (Å²) in [4.78, 5) is 0. The fourth-order valence-electron chi connectivity index (χ4n) is 2.26.